The van der Waals surface area contributed by atoms with Crippen LogP contribution < -0.4 is 11.1 Å². The first-order valence-electron chi connectivity index (χ1n) is 4.05. The van der Waals surface area contributed by atoms with Gasteiger partial charge < -0.3 is 11.1 Å². The van der Waals surface area contributed by atoms with Gasteiger partial charge in [0, 0.05) is 24.1 Å². The molecule has 0 saturated carbocycles. The number of nitrogens with one attached hydrogen (secondary N) is 1. The van der Waals surface area contributed by atoms with Crippen LogP contribution >= 0.6 is 11.5 Å². The number of nitrogens with zero attached hydrogens (tertiary/aromatic N) is 2. The van der Waals surface area contributed by atoms with Gasteiger partial charge in [-0.3, -0.25) is 0 Å². The second kappa shape index (κ2) is 5.05. The Morgan fingerprint density at radius 3 is 3.17 bits per heavy atom. The maximum Gasteiger partial charge on any atom is 0.202 e. The van der Waals surface area contributed by atoms with Crippen molar-refractivity contribution in [2.24, 2.45) is 5.73 Å². The standard InChI is InChI=1S/C7H14N4S/c1-6(8)3-2-4-9-7-10-5-11-12-7/h5-6H,2-4,8H2,1H3,(H,9,10,11). The van der Waals surface area contributed by atoms with Gasteiger partial charge in [-0.15, -0.1) is 0 Å². The minimum Gasteiger partial charge on any atom is -0.360 e. The highest BCUT2D eigenvalue weighted by Crippen LogP contribution is 2.06. The summed E-state index contributed by atoms with van der Waals surface area (Å²) in [5.74, 6) is 0. The normalized spacial score (nSPS) is 12.8. The fraction of sp³-hybridized carbons (Fsp3) is 0.714. The van der Waals surface area contributed by atoms with Crippen LogP contribution in [-0.2, 0) is 0 Å². The Morgan fingerprint density at radius 1 is 1.75 bits per heavy atom. The van der Waals surface area contributed by atoms with Crippen molar-refractivity contribution in [3.05, 3.63) is 6.33 Å². The molecule has 0 aliphatic carbocycles. The molecule has 3 N–H and O–H groups in total. The monoisotopic (exact) mass is 186 g/mol. The summed E-state index contributed by atoms with van der Waals surface area (Å²) >= 11 is 1.38. The summed E-state index contributed by atoms with van der Waals surface area (Å²) in [5, 5.41) is 4.06. The average molecular weight is 186 g/mol. The molecule has 5 heteroatoms. The van der Waals surface area contributed by atoms with Crippen molar-refractivity contribution in [2.45, 2.75) is 25.8 Å². The zero-order valence-corrected chi connectivity index (χ0v) is 7.97. The van der Waals surface area contributed by atoms with E-state index in [0.717, 1.165) is 24.5 Å². The smallest absolute Gasteiger partial charge is 0.202 e. The summed E-state index contributed by atoms with van der Waals surface area (Å²) in [4.78, 5) is 4.00. The molecule has 1 atom stereocenters. The molecule has 0 aliphatic rings. The van der Waals surface area contributed by atoms with Crippen molar-refractivity contribution in [3.63, 3.8) is 0 Å². The molecule has 1 heterocycles. The van der Waals surface area contributed by atoms with Gasteiger partial charge in [0.2, 0.25) is 5.13 Å². The molecule has 0 fully saturated rings. The van der Waals surface area contributed by atoms with Gasteiger partial charge in [0.15, 0.2) is 0 Å². The molecule has 1 aromatic rings. The Bertz CT molecular complexity index is 197. The topological polar surface area (TPSA) is 63.8 Å². The Kier molecular flexibility index (Phi) is 3.96. The third-order valence-corrected chi connectivity index (χ3v) is 2.10. The SMILES string of the molecule is CC(N)CCCNc1ncns1. The summed E-state index contributed by atoms with van der Waals surface area (Å²) in [6, 6.07) is 0.293. The number of aromatic nitrogens is 2. The van der Waals surface area contributed by atoms with Gasteiger partial charge in [-0.2, -0.15) is 4.37 Å². The van der Waals surface area contributed by atoms with E-state index in [1.54, 1.807) is 6.33 Å². The lowest BCUT2D eigenvalue weighted by molar-refractivity contribution is 0.639. The molecule has 68 valence electrons. The van der Waals surface area contributed by atoms with Gasteiger partial charge in [0.25, 0.3) is 0 Å². The fourth-order valence-corrected chi connectivity index (χ4v) is 1.33. The van der Waals surface area contributed by atoms with E-state index in [2.05, 4.69) is 14.7 Å². The van der Waals surface area contributed by atoms with Crippen LogP contribution in [0.5, 0.6) is 0 Å². The van der Waals surface area contributed by atoms with E-state index < -0.39 is 0 Å². The third kappa shape index (κ3) is 3.64. The molecule has 0 saturated heterocycles. The lowest BCUT2D eigenvalue weighted by Gasteiger charge is -2.04. The van der Waals surface area contributed by atoms with Gasteiger partial charge in [0.05, 0.1) is 0 Å². The molecular formula is C7H14N4S. The molecule has 0 radical (unpaired) electrons. The minimum atomic E-state index is 0.293. The predicted octanol–water partition coefficient (Wildman–Crippen LogP) is 1.08. The lowest BCUT2D eigenvalue weighted by Crippen LogP contribution is -2.16. The predicted molar refractivity (Wildman–Crippen MR) is 51.3 cm³/mol. The van der Waals surface area contributed by atoms with Gasteiger partial charge >= 0.3 is 0 Å². The maximum atomic E-state index is 5.60. The molecule has 1 rings (SSSR count). The molecular weight excluding hydrogens is 172 g/mol. The highest BCUT2D eigenvalue weighted by Gasteiger charge is 1.96. The van der Waals surface area contributed by atoms with E-state index in [4.69, 9.17) is 5.73 Å². The molecule has 0 spiro atoms. The summed E-state index contributed by atoms with van der Waals surface area (Å²) in [6.45, 7) is 2.95. The first kappa shape index (κ1) is 9.41. The van der Waals surface area contributed by atoms with Crippen LogP contribution in [0.25, 0.3) is 0 Å². The second-order valence-corrected chi connectivity index (χ2v) is 3.57. The highest BCUT2D eigenvalue weighted by atomic mass is 32.1. The Hall–Kier alpha value is -0.680. The van der Waals surface area contributed by atoms with Crippen LogP contribution in [0.3, 0.4) is 0 Å². The van der Waals surface area contributed by atoms with Crippen molar-refractivity contribution in [1.82, 2.24) is 9.36 Å². The van der Waals surface area contributed by atoms with Gasteiger partial charge in [-0.25, -0.2) is 4.98 Å². The van der Waals surface area contributed by atoms with Crippen molar-refractivity contribution in [3.8, 4) is 0 Å². The van der Waals surface area contributed by atoms with E-state index in [0.29, 0.717) is 6.04 Å². The van der Waals surface area contributed by atoms with Gasteiger partial charge in [0.1, 0.15) is 6.33 Å². The third-order valence-electron chi connectivity index (χ3n) is 1.47. The molecule has 0 bridgehead atoms. The van der Waals surface area contributed by atoms with E-state index in [1.807, 2.05) is 6.92 Å². The second-order valence-electron chi connectivity index (χ2n) is 2.79. The molecule has 4 nitrogen and oxygen atoms in total. The minimum absolute atomic E-state index is 0.293. The van der Waals surface area contributed by atoms with E-state index in [9.17, 15) is 0 Å². The maximum absolute atomic E-state index is 5.60. The van der Waals surface area contributed by atoms with Crippen LogP contribution in [-0.4, -0.2) is 21.9 Å². The van der Waals surface area contributed by atoms with Crippen molar-refractivity contribution in [1.29, 1.82) is 0 Å². The molecule has 0 aliphatic heterocycles. The van der Waals surface area contributed by atoms with Gasteiger partial charge in [-0.05, 0) is 19.8 Å². The van der Waals surface area contributed by atoms with E-state index in [-0.39, 0.29) is 0 Å². The van der Waals surface area contributed by atoms with Crippen LogP contribution in [0.4, 0.5) is 5.13 Å². The average Bonchev–Trinajstić information content (AvgIpc) is 2.49. The van der Waals surface area contributed by atoms with Crippen molar-refractivity contribution in [2.75, 3.05) is 11.9 Å². The lowest BCUT2D eigenvalue weighted by atomic mass is 10.2. The Labute approximate surface area is 76.4 Å². The Morgan fingerprint density at radius 2 is 2.58 bits per heavy atom. The highest BCUT2D eigenvalue weighted by molar-refractivity contribution is 7.09. The number of hydrogen-bond acceptors (Lipinski definition) is 5. The fourth-order valence-electron chi connectivity index (χ4n) is 0.870. The Balaban J connectivity index is 2.04. The quantitative estimate of drug-likeness (QED) is 0.675. The molecule has 12 heavy (non-hydrogen) atoms. The number of rotatable bonds is 5. The zero-order chi connectivity index (χ0) is 8.81. The van der Waals surface area contributed by atoms with E-state index >= 15 is 0 Å². The summed E-state index contributed by atoms with van der Waals surface area (Å²) in [5.41, 5.74) is 5.60. The van der Waals surface area contributed by atoms with Crippen LogP contribution in [0.2, 0.25) is 0 Å². The van der Waals surface area contributed by atoms with E-state index in [1.165, 1.54) is 11.5 Å². The number of nitrogens with two attached hydrogens (primary N) is 1. The van der Waals surface area contributed by atoms with Crippen LogP contribution in [0.1, 0.15) is 19.8 Å². The van der Waals surface area contributed by atoms with Crippen LogP contribution in [0, 0.1) is 0 Å². The first-order chi connectivity index (χ1) is 5.79. The number of hydrogen-bond donors (Lipinski definition) is 2. The number of anilines is 1. The molecule has 1 aromatic heterocycles. The molecule has 0 amide bonds. The molecule has 1 unspecified atom stereocenters. The summed E-state index contributed by atoms with van der Waals surface area (Å²) in [7, 11) is 0. The first-order valence-corrected chi connectivity index (χ1v) is 4.82. The van der Waals surface area contributed by atoms with Crippen molar-refractivity contribution >= 4 is 16.7 Å². The summed E-state index contributed by atoms with van der Waals surface area (Å²) < 4.78 is 3.88. The molecule has 0 aromatic carbocycles. The zero-order valence-electron chi connectivity index (χ0n) is 7.16. The van der Waals surface area contributed by atoms with Crippen LogP contribution in [0.15, 0.2) is 6.33 Å². The summed E-state index contributed by atoms with van der Waals surface area (Å²) in [6.07, 6.45) is 3.68. The van der Waals surface area contributed by atoms with Crippen molar-refractivity contribution < 1.29 is 0 Å². The van der Waals surface area contributed by atoms with Gasteiger partial charge in [-0.1, -0.05) is 0 Å². The largest absolute Gasteiger partial charge is 0.360 e.